The van der Waals surface area contributed by atoms with E-state index in [9.17, 15) is 9.59 Å². The Labute approximate surface area is 101 Å². The first-order valence-electron chi connectivity index (χ1n) is 5.30. The van der Waals surface area contributed by atoms with Crippen molar-refractivity contribution in [2.45, 2.75) is 19.8 Å². The van der Waals surface area contributed by atoms with Gasteiger partial charge in [0.05, 0.1) is 13.7 Å². The molecule has 0 aromatic heterocycles. The van der Waals surface area contributed by atoms with Crippen molar-refractivity contribution in [1.29, 1.82) is 0 Å². The molecule has 0 N–H and O–H groups in total. The largest absolute Gasteiger partial charge is 0.508 e. The summed E-state index contributed by atoms with van der Waals surface area (Å²) in [6, 6.07) is 0. The van der Waals surface area contributed by atoms with Crippen LogP contribution in [0.3, 0.4) is 0 Å². The molecular weight excluding hydrogens is 224 g/mol. The molecule has 17 heavy (non-hydrogen) atoms. The molecule has 0 bridgehead atoms. The van der Waals surface area contributed by atoms with Gasteiger partial charge in [-0.05, 0) is 25.3 Å². The monoisotopic (exact) mass is 242 g/mol. The van der Waals surface area contributed by atoms with Gasteiger partial charge in [0.1, 0.15) is 6.61 Å². The topological polar surface area (TPSA) is 61.8 Å². The summed E-state index contributed by atoms with van der Waals surface area (Å²) in [4.78, 5) is 21.6. The molecule has 0 radical (unpaired) electrons. The molecule has 0 unspecified atom stereocenters. The molecule has 0 rings (SSSR count). The van der Waals surface area contributed by atoms with Crippen LogP contribution in [-0.4, -0.2) is 32.4 Å². The normalized spacial score (nSPS) is 10.0. The second-order valence-electron chi connectivity index (χ2n) is 3.19. The van der Waals surface area contributed by atoms with Crippen molar-refractivity contribution in [2.24, 2.45) is 0 Å². The van der Waals surface area contributed by atoms with Crippen LogP contribution in [0.1, 0.15) is 19.8 Å². The summed E-state index contributed by atoms with van der Waals surface area (Å²) in [5, 5.41) is 0. The Morgan fingerprint density at radius 3 is 2.59 bits per heavy atom. The number of methoxy groups -OCH3 is 1. The van der Waals surface area contributed by atoms with Crippen LogP contribution >= 0.6 is 0 Å². The van der Waals surface area contributed by atoms with Crippen molar-refractivity contribution in [2.75, 3.05) is 20.3 Å². The van der Waals surface area contributed by atoms with Gasteiger partial charge in [0.2, 0.25) is 0 Å². The van der Waals surface area contributed by atoms with Gasteiger partial charge in [0, 0.05) is 6.08 Å². The smallest absolute Gasteiger partial charge is 0.463 e. The summed E-state index contributed by atoms with van der Waals surface area (Å²) in [6.45, 7) is 5.97. The van der Waals surface area contributed by atoms with Gasteiger partial charge in [-0.15, -0.1) is 0 Å². The predicted octanol–water partition coefficient (Wildman–Crippen LogP) is 2.23. The maximum absolute atomic E-state index is 10.9. The molecule has 96 valence electrons. The van der Waals surface area contributed by atoms with E-state index < -0.39 is 6.16 Å². The molecule has 0 aliphatic heterocycles. The van der Waals surface area contributed by atoms with E-state index in [4.69, 9.17) is 9.47 Å². The Bertz CT molecular complexity index is 293. The molecule has 0 aliphatic carbocycles. The molecule has 0 saturated carbocycles. The molecule has 0 spiro atoms. The van der Waals surface area contributed by atoms with Gasteiger partial charge in [0.15, 0.2) is 0 Å². The van der Waals surface area contributed by atoms with Gasteiger partial charge in [-0.3, -0.25) is 0 Å². The maximum atomic E-state index is 10.9. The van der Waals surface area contributed by atoms with E-state index in [-0.39, 0.29) is 12.6 Å². The Morgan fingerprint density at radius 1 is 1.29 bits per heavy atom. The lowest BCUT2D eigenvalue weighted by Gasteiger charge is -2.04. The highest BCUT2D eigenvalue weighted by Crippen LogP contribution is 2.04. The lowest BCUT2D eigenvalue weighted by Crippen LogP contribution is -2.06. The molecule has 0 aromatic rings. The summed E-state index contributed by atoms with van der Waals surface area (Å²) in [5.41, 5.74) is 0.754. The van der Waals surface area contributed by atoms with Crippen LogP contribution in [-0.2, 0) is 19.0 Å². The Hall–Kier alpha value is -1.78. The Kier molecular flexibility index (Phi) is 8.46. The average Bonchev–Trinajstić information content (AvgIpc) is 2.32. The summed E-state index contributed by atoms with van der Waals surface area (Å²) in [5.74, 6) is -0.357. The van der Waals surface area contributed by atoms with Gasteiger partial charge in [0.25, 0.3) is 0 Å². The summed E-state index contributed by atoms with van der Waals surface area (Å²) < 4.78 is 13.7. The third-order valence-electron chi connectivity index (χ3n) is 1.77. The van der Waals surface area contributed by atoms with Crippen molar-refractivity contribution in [3.63, 3.8) is 0 Å². The van der Waals surface area contributed by atoms with Gasteiger partial charge in [-0.2, -0.15) is 0 Å². The van der Waals surface area contributed by atoms with E-state index in [1.165, 1.54) is 13.2 Å². The van der Waals surface area contributed by atoms with E-state index in [0.29, 0.717) is 19.4 Å². The number of hydrogen-bond donors (Lipinski definition) is 0. The molecule has 0 aromatic carbocycles. The van der Waals surface area contributed by atoms with Crippen LogP contribution in [0, 0.1) is 0 Å². The second-order valence-corrected chi connectivity index (χ2v) is 3.19. The van der Waals surface area contributed by atoms with Crippen molar-refractivity contribution < 1.29 is 23.8 Å². The predicted molar refractivity (Wildman–Crippen MR) is 62.5 cm³/mol. The van der Waals surface area contributed by atoms with Crippen LogP contribution in [0.4, 0.5) is 4.79 Å². The van der Waals surface area contributed by atoms with Crippen molar-refractivity contribution in [1.82, 2.24) is 0 Å². The highest BCUT2D eigenvalue weighted by atomic mass is 16.7. The second kappa shape index (κ2) is 9.45. The molecule has 0 saturated heterocycles. The Balaban J connectivity index is 3.64. The molecular formula is C12H18O5. The summed E-state index contributed by atoms with van der Waals surface area (Å²) >= 11 is 0. The molecule has 5 heteroatoms. The van der Waals surface area contributed by atoms with E-state index in [0.717, 1.165) is 5.57 Å². The highest BCUT2D eigenvalue weighted by Gasteiger charge is 2.01. The number of hydrogen-bond acceptors (Lipinski definition) is 5. The van der Waals surface area contributed by atoms with E-state index >= 15 is 0 Å². The lowest BCUT2D eigenvalue weighted by molar-refractivity contribution is -0.137. The van der Waals surface area contributed by atoms with Crippen LogP contribution < -0.4 is 0 Å². The number of ether oxygens (including phenoxy) is 3. The fourth-order valence-corrected chi connectivity index (χ4v) is 0.949. The zero-order valence-corrected chi connectivity index (χ0v) is 10.2. The van der Waals surface area contributed by atoms with Crippen LogP contribution in [0.15, 0.2) is 24.3 Å². The van der Waals surface area contributed by atoms with Gasteiger partial charge < -0.3 is 14.2 Å². The molecule has 0 heterocycles. The molecule has 5 nitrogen and oxygen atoms in total. The van der Waals surface area contributed by atoms with Crippen LogP contribution in [0.5, 0.6) is 0 Å². The van der Waals surface area contributed by atoms with Crippen molar-refractivity contribution in [3.05, 3.63) is 24.3 Å². The zero-order valence-electron chi connectivity index (χ0n) is 10.2. The van der Waals surface area contributed by atoms with Gasteiger partial charge >= 0.3 is 12.1 Å². The van der Waals surface area contributed by atoms with E-state index in [2.05, 4.69) is 11.3 Å². The fraction of sp³-hybridized carbons (Fsp3) is 0.500. The lowest BCUT2D eigenvalue weighted by atomic mass is 10.2. The Morgan fingerprint density at radius 2 is 2.00 bits per heavy atom. The number of carbonyl (C=O) groups excluding carboxylic acids is 2. The first-order chi connectivity index (χ1) is 8.10. The third kappa shape index (κ3) is 9.17. The number of esters is 1. The van der Waals surface area contributed by atoms with Crippen molar-refractivity contribution >= 4 is 12.1 Å². The minimum atomic E-state index is -0.729. The fourth-order valence-electron chi connectivity index (χ4n) is 0.949. The number of carbonyl (C=O) groups is 2. The quantitative estimate of drug-likeness (QED) is 0.389. The zero-order chi connectivity index (χ0) is 13.1. The first kappa shape index (κ1) is 15.2. The number of allylic oxidation sites excluding steroid dienone is 1. The summed E-state index contributed by atoms with van der Waals surface area (Å²) in [6.07, 6.45) is 3.61. The molecule has 0 atom stereocenters. The maximum Gasteiger partial charge on any atom is 0.508 e. The van der Waals surface area contributed by atoms with E-state index in [1.54, 1.807) is 13.0 Å². The summed E-state index contributed by atoms with van der Waals surface area (Å²) in [7, 11) is 1.24. The van der Waals surface area contributed by atoms with Crippen LogP contribution in [0.2, 0.25) is 0 Å². The standard InChI is InChI=1S/C12H18O5/c1-4-16-11(13)8-6-5-7-10(2)9-17-12(14)15-3/h6,8H,2,4-5,7,9H2,1,3H3/b8-6+. The van der Waals surface area contributed by atoms with E-state index in [1.807, 2.05) is 0 Å². The van der Waals surface area contributed by atoms with Crippen LogP contribution in [0.25, 0.3) is 0 Å². The molecule has 0 amide bonds. The highest BCUT2D eigenvalue weighted by molar-refractivity contribution is 5.81. The SMILES string of the molecule is C=C(CC/C=C/C(=O)OCC)COC(=O)OC. The average molecular weight is 242 g/mol. The van der Waals surface area contributed by atoms with Crippen molar-refractivity contribution in [3.8, 4) is 0 Å². The first-order valence-corrected chi connectivity index (χ1v) is 5.30. The minimum absolute atomic E-state index is 0.125. The van der Waals surface area contributed by atoms with Gasteiger partial charge in [-0.25, -0.2) is 9.59 Å². The minimum Gasteiger partial charge on any atom is -0.463 e. The molecule has 0 fully saturated rings. The van der Waals surface area contributed by atoms with Gasteiger partial charge in [-0.1, -0.05) is 12.7 Å². The molecule has 0 aliphatic rings. The number of rotatable bonds is 7. The third-order valence-corrected chi connectivity index (χ3v) is 1.77.